The molecule has 6 heteroatoms. The van der Waals surface area contributed by atoms with Gasteiger partial charge in [-0.1, -0.05) is 0 Å². The van der Waals surface area contributed by atoms with Crippen LogP contribution < -0.4 is 4.74 Å². The normalized spacial score (nSPS) is 12.6. The number of rotatable bonds is 3. The Hall–Kier alpha value is -2.14. The van der Waals surface area contributed by atoms with Crippen molar-refractivity contribution in [3.63, 3.8) is 0 Å². The maximum absolute atomic E-state index is 13.4. The lowest BCUT2D eigenvalue weighted by Crippen LogP contribution is -2.04. The van der Waals surface area contributed by atoms with Crippen LogP contribution in [-0.2, 0) is 0 Å². The molecular formula is C15H13ClFN3O. The molecule has 1 atom stereocenters. The van der Waals surface area contributed by atoms with Crippen LogP contribution in [0.5, 0.6) is 5.75 Å². The van der Waals surface area contributed by atoms with Gasteiger partial charge in [0.2, 0.25) is 0 Å². The van der Waals surface area contributed by atoms with Crippen molar-refractivity contribution in [3.05, 3.63) is 48.3 Å². The summed E-state index contributed by atoms with van der Waals surface area (Å²) < 4.78 is 20.6. The van der Waals surface area contributed by atoms with Crippen LogP contribution in [-0.4, -0.2) is 21.6 Å². The summed E-state index contributed by atoms with van der Waals surface area (Å²) in [5.41, 5.74) is 2.26. The number of alkyl halides is 1. The molecule has 108 valence electrons. The van der Waals surface area contributed by atoms with Crippen molar-refractivity contribution in [2.24, 2.45) is 0 Å². The van der Waals surface area contributed by atoms with E-state index in [-0.39, 0.29) is 11.2 Å². The number of nitrogens with zero attached hydrogens (tertiary/aromatic N) is 3. The average Bonchev–Trinajstić information content (AvgIpc) is 2.86. The molecule has 2 heterocycles. The van der Waals surface area contributed by atoms with E-state index in [2.05, 4.69) is 9.97 Å². The molecule has 0 bridgehead atoms. The number of halogens is 2. The van der Waals surface area contributed by atoms with Gasteiger partial charge in [0, 0.05) is 12.3 Å². The van der Waals surface area contributed by atoms with Gasteiger partial charge in [-0.25, -0.2) is 9.37 Å². The van der Waals surface area contributed by atoms with Crippen molar-refractivity contribution in [2.75, 3.05) is 7.11 Å². The van der Waals surface area contributed by atoms with Crippen molar-refractivity contribution in [1.82, 2.24) is 14.5 Å². The first kappa shape index (κ1) is 13.8. The first-order chi connectivity index (χ1) is 10.1. The Morgan fingerprint density at radius 1 is 1.33 bits per heavy atom. The third-order valence-electron chi connectivity index (χ3n) is 3.22. The van der Waals surface area contributed by atoms with E-state index in [4.69, 9.17) is 16.3 Å². The minimum atomic E-state index is -0.359. The maximum atomic E-state index is 13.4. The van der Waals surface area contributed by atoms with Gasteiger partial charge in [0.15, 0.2) is 0 Å². The first-order valence-electron chi connectivity index (χ1n) is 6.42. The molecule has 1 aromatic carbocycles. The number of hydrogen-bond donors (Lipinski definition) is 0. The summed E-state index contributed by atoms with van der Waals surface area (Å²) in [4.78, 5) is 8.57. The van der Waals surface area contributed by atoms with Crippen molar-refractivity contribution < 1.29 is 9.13 Å². The monoisotopic (exact) mass is 305 g/mol. The summed E-state index contributed by atoms with van der Waals surface area (Å²) in [6, 6.07) is 6.21. The molecule has 0 saturated carbocycles. The molecule has 0 spiro atoms. The van der Waals surface area contributed by atoms with Crippen LogP contribution in [0.1, 0.15) is 18.1 Å². The molecule has 0 saturated heterocycles. The summed E-state index contributed by atoms with van der Waals surface area (Å²) in [5.74, 6) is 0.719. The molecule has 0 radical (unpaired) electrons. The molecule has 3 aromatic rings. The van der Waals surface area contributed by atoms with Crippen molar-refractivity contribution in [2.45, 2.75) is 12.3 Å². The Bertz CT molecular complexity index is 801. The van der Waals surface area contributed by atoms with Gasteiger partial charge in [0.25, 0.3) is 0 Å². The minimum Gasteiger partial charge on any atom is -0.494 e. The van der Waals surface area contributed by atoms with E-state index >= 15 is 0 Å². The number of ether oxygens (including phenoxy) is 1. The van der Waals surface area contributed by atoms with Crippen LogP contribution in [0.2, 0.25) is 0 Å². The molecule has 0 N–H and O–H groups in total. The Morgan fingerprint density at radius 2 is 2.14 bits per heavy atom. The maximum Gasteiger partial charge on any atom is 0.145 e. The van der Waals surface area contributed by atoms with Gasteiger partial charge in [0.05, 0.1) is 29.9 Å². The highest BCUT2D eigenvalue weighted by molar-refractivity contribution is 6.20. The Labute approximate surface area is 126 Å². The summed E-state index contributed by atoms with van der Waals surface area (Å²) in [7, 11) is 1.50. The van der Waals surface area contributed by atoms with Gasteiger partial charge >= 0.3 is 0 Å². The second kappa shape index (κ2) is 5.33. The topological polar surface area (TPSA) is 39.9 Å². The van der Waals surface area contributed by atoms with E-state index < -0.39 is 0 Å². The molecule has 1 unspecified atom stereocenters. The number of pyridine rings is 1. The fraction of sp³-hybridized carbons (Fsp3) is 0.200. The fourth-order valence-electron chi connectivity index (χ4n) is 2.31. The largest absolute Gasteiger partial charge is 0.494 e. The van der Waals surface area contributed by atoms with Gasteiger partial charge in [-0.15, -0.1) is 11.6 Å². The molecule has 2 aromatic heterocycles. The summed E-state index contributed by atoms with van der Waals surface area (Å²) >= 11 is 6.24. The number of aromatic nitrogens is 3. The van der Waals surface area contributed by atoms with Gasteiger partial charge in [-0.05, 0) is 25.1 Å². The van der Waals surface area contributed by atoms with Crippen LogP contribution in [0.3, 0.4) is 0 Å². The minimum absolute atomic E-state index is 0.313. The summed E-state index contributed by atoms with van der Waals surface area (Å²) in [5, 5.41) is -0.313. The van der Waals surface area contributed by atoms with E-state index in [1.54, 1.807) is 18.5 Å². The van der Waals surface area contributed by atoms with E-state index in [1.807, 2.05) is 17.6 Å². The highest BCUT2D eigenvalue weighted by atomic mass is 35.5. The smallest absolute Gasteiger partial charge is 0.145 e. The third-order valence-corrected chi connectivity index (χ3v) is 3.42. The number of imidazole rings is 1. The highest BCUT2D eigenvalue weighted by Gasteiger charge is 2.19. The standard InChI is InChI=1S/C15H13ClFN3O/c1-9(16)15-19-11-8-18-6-5-12(11)20(15)13-4-3-10(17)7-14(13)21-2/h3-9H,1-2H3. The zero-order valence-corrected chi connectivity index (χ0v) is 12.3. The van der Waals surface area contributed by atoms with Crippen LogP contribution in [0.25, 0.3) is 16.7 Å². The predicted octanol–water partition coefficient (Wildman–Crippen LogP) is 3.87. The Balaban J connectivity index is 2.36. The fourth-order valence-corrected chi connectivity index (χ4v) is 2.45. The van der Waals surface area contributed by atoms with E-state index in [0.29, 0.717) is 17.3 Å². The predicted molar refractivity (Wildman–Crippen MR) is 79.6 cm³/mol. The second-order valence-electron chi connectivity index (χ2n) is 4.60. The molecule has 0 amide bonds. The zero-order chi connectivity index (χ0) is 15.0. The van der Waals surface area contributed by atoms with Gasteiger partial charge < -0.3 is 4.74 Å². The van der Waals surface area contributed by atoms with Crippen LogP contribution in [0, 0.1) is 5.82 Å². The first-order valence-corrected chi connectivity index (χ1v) is 6.86. The lowest BCUT2D eigenvalue weighted by molar-refractivity contribution is 0.409. The molecule has 3 rings (SSSR count). The molecule has 4 nitrogen and oxygen atoms in total. The number of benzene rings is 1. The molecule has 0 aliphatic rings. The van der Waals surface area contributed by atoms with Crippen molar-refractivity contribution in [1.29, 1.82) is 0 Å². The number of methoxy groups -OCH3 is 1. The van der Waals surface area contributed by atoms with Gasteiger partial charge in [0.1, 0.15) is 22.9 Å². The summed E-state index contributed by atoms with van der Waals surface area (Å²) in [6.07, 6.45) is 3.35. The van der Waals surface area contributed by atoms with Crippen LogP contribution in [0.4, 0.5) is 4.39 Å². The summed E-state index contributed by atoms with van der Waals surface area (Å²) in [6.45, 7) is 1.84. The van der Waals surface area contributed by atoms with E-state index in [1.165, 1.54) is 19.2 Å². The Morgan fingerprint density at radius 3 is 2.86 bits per heavy atom. The number of fused-ring (bicyclic) bond motifs is 1. The van der Waals surface area contributed by atoms with Crippen LogP contribution in [0.15, 0.2) is 36.7 Å². The average molecular weight is 306 g/mol. The second-order valence-corrected chi connectivity index (χ2v) is 5.26. The van der Waals surface area contributed by atoms with E-state index in [0.717, 1.165) is 11.0 Å². The van der Waals surface area contributed by atoms with Gasteiger partial charge in [-0.2, -0.15) is 0 Å². The van der Waals surface area contributed by atoms with Crippen molar-refractivity contribution in [3.8, 4) is 11.4 Å². The molecule has 0 aliphatic heterocycles. The SMILES string of the molecule is COc1cc(F)ccc1-n1c(C(C)Cl)nc2cnccc21. The molecule has 0 fully saturated rings. The van der Waals surface area contributed by atoms with Crippen LogP contribution >= 0.6 is 11.6 Å². The van der Waals surface area contributed by atoms with Gasteiger partial charge in [-0.3, -0.25) is 9.55 Å². The number of hydrogen-bond acceptors (Lipinski definition) is 3. The quantitative estimate of drug-likeness (QED) is 0.690. The zero-order valence-electron chi connectivity index (χ0n) is 11.5. The molecule has 21 heavy (non-hydrogen) atoms. The van der Waals surface area contributed by atoms with E-state index in [9.17, 15) is 4.39 Å². The molecular weight excluding hydrogens is 293 g/mol. The molecule has 0 aliphatic carbocycles. The lowest BCUT2D eigenvalue weighted by atomic mass is 10.2. The highest BCUT2D eigenvalue weighted by Crippen LogP contribution is 2.32. The lowest BCUT2D eigenvalue weighted by Gasteiger charge is -2.14. The van der Waals surface area contributed by atoms with Crippen molar-refractivity contribution >= 4 is 22.6 Å². The third kappa shape index (κ3) is 2.34. The Kier molecular flexibility index (Phi) is 3.51.